The van der Waals surface area contributed by atoms with E-state index < -0.39 is 0 Å². The van der Waals surface area contributed by atoms with Crippen LogP contribution in [0.2, 0.25) is 5.02 Å². The molecule has 108 valence electrons. The van der Waals surface area contributed by atoms with Crippen molar-refractivity contribution in [3.63, 3.8) is 0 Å². The number of carbonyl (C=O) groups excluding carboxylic acids is 2. The summed E-state index contributed by atoms with van der Waals surface area (Å²) < 4.78 is 0. The van der Waals surface area contributed by atoms with Gasteiger partial charge in [-0.3, -0.25) is 9.59 Å². The first-order valence-electron chi connectivity index (χ1n) is 6.58. The molecule has 4 nitrogen and oxygen atoms in total. The van der Waals surface area contributed by atoms with Crippen LogP contribution in [0, 0.1) is 0 Å². The monoisotopic (exact) mass is 312 g/mol. The van der Waals surface area contributed by atoms with Crippen molar-refractivity contribution < 1.29 is 9.59 Å². The Morgan fingerprint density at radius 2 is 2.20 bits per heavy atom. The van der Waals surface area contributed by atoms with E-state index in [1.165, 1.54) is 0 Å². The maximum absolute atomic E-state index is 12.1. The zero-order chi connectivity index (χ0) is 14.4. The van der Waals surface area contributed by atoms with E-state index in [0.717, 1.165) is 11.3 Å². The minimum Gasteiger partial charge on any atom is -0.354 e. The quantitative estimate of drug-likeness (QED) is 0.867. The lowest BCUT2D eigenvalue weighted by Gasteiger charge is -2.18. The lowest BCUT2D eigenvalue weighted by Crippen LogP contribution is -2.37. The van der Waals surface area contributed by atoms with Crippen LogP contribution in [0.5, 0.6) is 0 Å². The molecule has 1 aliphatic rings. The number of nitrogens with zero attached hydrogens (tertiary/aromatic N) is 1. The third kappa shape index (κ3) is 4.42. The molecule has 1 aromatic rings. The second-order valence-electron chi connectivity index (χ2n) is 4.55. The zero-order valence-electron chi connectivity index (χ0n) is 11.1. The molecule has 0 atom stereocenters. The number of hydrogen-bond acceptors (Lipinski definition) is 3. The van der Waals surface area contributed by atoms with Gasteiger partial charge in [-0.1, -0.05) is 23.7 Å². The molecule has 0 saturated carbocycles. The van der Waals surface area contributed by atoms with Gasteiger partial charge in [0, 0.05) is 30.2 Å². The van der Waals surface area contributed by atoms with Gasteiger partial charge in [-0.25, -0.2) is 0 Å². The SMILES string of the molecule is O=C1CN(C(=O)CCSc2ccccc2Cl)CCCN1. The Hall–Kier alpha value is -1.20. The maximum atomic E-state index is 12.1. The minimum atomic E-state index is -0.0744. The molecule has 2 amide bonds. The molecule has 2 rings (SSSR count). The molecule has 0 spiro atoms. The molecule has 6 heteroatoms. The fourth-order valence-electron chi connectivity index (χ4n) is 1.99. The molecule has 20 heavy (non-hydrogen) atoms. The van der Waals surface area contributed by atoms with Gasteiger partial charge in [0.05, 0.1) is 11.6 Å². The van der Waals surface area contributed by atoms with Crippen molar-refractivity contribution in [2.45, 2.75) is 17.7 Å². The zero-order valence-corrected chi connectivity index (χ0v) is 12.7. The summed E-state index contributed by atoms with van der Waals surface area (Å²) >= 11 is 7.63. The second-order valence-corrected chi connectivity index (χ2v) is 6.09. The third-order valence-electron chi connectivity index (χ3n) is 3.02. The predicted molar refractivity (Wildman–Crippen MR) is 81.0 cm³/mol. The highest BCUT2D eigenvalue weighted by molar-refractivity contribution is 7.99. The predicted octanol–water partition coefficient (Wildman–Crippen LogP) is 2.17. The first-order valence-corrected chi connectivity index (χ1v) is 7.95. The van der Waals surface area contributed by atoms with E-state index >= 15 is 0 Å². The van der Waals surface area contributed by atoms with Gasteiger partial charge in [0.2, 0.25) is 11.8 Å². The number of nitrogens with one attached hydrogen (secondary N) is 1. The van der Waals surface area contributed by atoms with E-state index in [9.17, 15) is 9.59 Å². The van der Waals surface area contributed by atoms with Gasteiger partial charge < -0.3 is 10.2 Å². The maximum Gasteiger partial charge on any atom is 0.239 e. The first kappa shape index (κ1) is 15.2. The molecular weight excluding hydrogens is 296 g/mol. The van der Waals surface area contributed by atoms with Crippen LogP contribution >= 0.6 is 23.4 Å². The van der Waals surface area contributed by atoms with Crippen LogP contribution in [0.1, 0.15) is 12.8 Å². The molecule has 0 radical (unpaired) electrons. The fraction of sp³-hybridized carbons (Fsp3) is 0.429. The number of hydrogen-bond donors (Lipinski definition) is 1. The van der Waals surface area contributed by atoms with Gasteiger partial charge in [-0.05, 0) is 18.6 Å². The van der Waals surface area contributed by atoms with E-state index in [1.807, 2.05) is 24.3 Å². The van der Waals surface area contributed by atoms with E-state index in [-0.39, 0.29) is 18.4 Å². The highest BCUT2D eigenvalue weighted by Crippen LogP contribution is 2.27. The summed E-state index contributed by atoms with van der Waals surface area (Å²) in [6.07, 6.45) is 1.23. The number of halogens is 1. The van der Waals surface area contributed by atoms with E-state index in [2.05, 4.69) is 5.32 Å². The Kier molecular flexibility index (Phi) is 5.73. The Balaban J connectivity index is 1.80. The lowest BCUT2D eigenvalue weighted by atomic mass is 10.3. The van der Waals surface area contributed by atoms with Crippen molar-refractivity contribution in [3.05, 3.63) is 29.3 Å². The van der Waals surface area contributed by atoms with Crippen molar-refractivity contribution in [1.29, 1.82) is 0 Å². The topological polar surface area (TPSA) is 49.4 Å². The number of carbonyl (C=O) groups is 2. The number of rotatable bonds is 4. The summed E-state index contributed by atoms with van der Waals surface area (Å²) in [6, 6.07) is 7.59. The molecule has 1 aromatic carbocycles. The Morgan fingerprint density at radius 1 is 1.40 bits per heavy atom. The molecule has 1 saturated heterocycles. The van der Waals surface area contributed by atoms with Gasteiger partial charge >= 0.3 is 0 Å². The lowest BCUT2D eigenvalue weighted by molar-refractivity contribution is -0.134. The van der Waals surface area contributed by atoms with E-state index in [1.54, 1.807) is 16.7 Å². The highest BCUT2D eigenvalue weighted by atomic mass is 35.5. The average Bonchev–Trinajstić information content (AvgIpc) is 2.65. The fourth-order valence-corrected chi connectivity index (χ4v) is 3.16. The van der Waals surface area contributed by atoms with Gasteiger partial charge in [0.25, 0.3) is 0 Å². The number of amides is 2. The summed E-state index contributed by atoms with van der Waals surface area (Å²) in [5.74, 6) is 0.622. The van der Waals surface area contributed by atoms with Gasteiger partial charge in [-0.2, -0.15) is 0 Å². The van der Waals surface area contributed by atoms with Crippen LogP contribution in [-0.4, -0.2) is 42.1 Å². The normalized spacial score (nSPS) is 15.7. The smallest absolute Gasteiger partial charge is 0.239 e. The van der Waals surface area contributed by atoms with Crippen molar-refractivity contribution in [2.24, 2.45) is 0 Å². The van der Waals surface area contributed by atoms with Crippen LogP contribution in [0.3, 0.4) is 0 Å². The van der Waals surface area contributed by atoms with Crippen LogP contribution in [0.4, 0.5) is 0 Å². The Bertz CT molecular complexity index is 496. The first-order chi connectivity index (χ1) is 9.66. The molecule has 0 unspecified atom stereocenters. The molecule has 1 heterocycles. The van der Waals surface area contributed by atoms with Gasteiger partial charge in [0.15, 0.2) is 0 Å². The molecular formula is C14H17ClN2O2S. The van der Waals surface area contributed by atoms with Gasteiger partial charge in [0.1, 0.15) is 0 Å². The number of benzene rings is 1. The Labute approximate surface area is 127 Å². The van der Waals surface area contributed by atoms with E-state index in [0.29, 0.717) is 30.3 Å². The van der Waals surface area contributed by atoms with Crippen LogP contribution < -0.4 is 5.32 Å². The van der Waals surface area contributed by atoms with E-state index in [4.69, 9.17) is 11.6 Å². The standard InChI is InChI=1S/C14H17ClN2O2S/c15-11-4-1-2-5-12(11)20-9-6-14(19)17-8-3-7-16-13(18)10-17/h1-2,4-5H,3,6-10H2,(H,16,18). The molecule has 1 N–H and O–H groups in total. The minimum absolute atomic E-state index is 0.0293. The summed E-state index contributed by atoms with van der Waals surface area (Å²) in [5.41, 5.74) is 0. The highest BCUT2D eigenvalue weighted by Gasteiger charge is 2.19. The molecule has 1 aliphatic heterocycles. The number of thioether (sulfide) groups is 1. The van der Waals surface area contributed by atoms with Crippen LogP contribution in [0.15, 0.2) is 29.2 Å². The largest absolute Gasteiger partial charge is 0.354 e. The van der Waals surface area contributed by atoms with Crippen molar-refractivity contribution in [2.75, 3.05) is 25.4 Å². The average molecular weight is 313 g/mol. The van der Waals surface area contributed by atoms with Crippen molar-refractivity contribution >= 4 is 35.2 Å². The van der Waals surface area contributed by atoms with Gasteiger partial charge in [-0.15, -0.1) is 11.8 Å². The Morgan fingerprint density at radius 3 is 3.00 bits per heavy atom. The molecule has 1 fully saturated rings. The molecule has 0 aromatic heterocycles. The second kappa shape index (κ2) is 7.55. The van der Waals surface area contributed by atoms with Crippen LogP contribution in [0.25, 0.3) is 0 Å². The summed E-state index contributed by atoms with van der Waals surface area (Å²) in [7, 11) is 0. The molecule has 0 bridgehead atoms. The molecule has 0 aliphatic carbocycles. The summed E-state index contributed by atoms with van der Waals surface area (Å²) in [5, 5.41) is 3.47. The van der Waals surface area contributed by atoms with Crippen molar-refractivity contribution in [3.8, 4) is 0 Å². The van der Waals surface area contributed by atoms with Crippen molar-refractivity contribution in [1.82, 2.24) is 10.2 Å². The van der Waals surface area contributed by atoms with Crippen LogP contribution in [-0.2, 0) is 9.59 Å². The summed E-state index contributed by atoms with van der Waals surface area (Å²) in [4.78, 5) is 26.1. The summed E-state index contributed by atoms with van der Waals surface area (Å²) in [6.45, 7) is 1.47. The third-order valence-corrected chi connectivity index (χ3v) is 4.54.